The van der Waals surface area contributed by atoms with Gasteiger partial charge in [0.1, 0.15) is 17.4 Å². The summed E-state index contributed by atoms with van der Waals surface area (Å²) in [6.07, 6.45) is 1.02. The van der Waals surface area contributed by atoms with Crippen LogP contribution in [-0.2, 0) is 14.3 Å². The van der Waals surface area contributed by atoms with E-state index in [2.05, 4.69) is 11.1 Å². The highest BCUT2D eigenvalue weighted by Gasteiger charge is 2.37. The van der Waals surface area contributed by atoms with E-state index in [1.165, 1.54) is 0 Å². The molecule has 0 fully saturated rings. The number of rotatable bonds is 5. The smallest absolute Gasteiger partial charge is 0.338 e. The minimum Gasteiger partial charge on any atom is -0.463 e. The third kappa shape index (κ3) is 3.42. The Morgan fingerprint density at radius 3 is 2.75 bits per heavy atom. The second-order valence-electron chi connectivity index (χ2n) is 4.75. The van der Waals surface area contributed by atoms with E-state index in [4.69, 9.17) is 26.8 Å². The SMILES string of the molecule is CCOC(=O)C1=C(CCl)OC(N=CN)=C(C#N)[C@@H]1c1ccccc1. The summed E-state index contributed by atoms with van der Waals surface area (Å²) in [7, 11) is 0. The summed E-state index contributed by atoms with van der Waals surface area (Å²) in [6, 6.07) is 11.1. The number of nitrogens with zero attached hydrogens (tertiary/aromatic N) is 2. The Hall–Kier alpha value is -2.78. The van der Waals surface area contributed by atoms with E-state index in [0.717, 1.165) is 11.9 Å². The molecule has 7 heteroatoms. The number of hydrogen-bond donors (Lipinski definition) is 1. The predicted molar refractivity (Wildman–Crippen MR) is 90.0 cm³/mol. The van der Waals surface area contributed by atoms with Crippen molar-refractivity contribution < 1.29 is 14.3 Å². The van der Waals surface area contributed by atoms with Crippen molar-refractivity contribution in [3.8, 4) is 6.07 Å². The van der Waals surface area contributed by atoms with E-state index < -0.39 is 11.9 Å². The number of carbonyl (C=O) groups is 1. The van der Waals surface area contributed by atoms with Crippen molar-refractivity contribution in [3.63, 3.8) is 0 Å². The van der Waals surface area contributed by atoms with Crippen molar-refractivity contribution in [2.75, 3.05) is 12.5 Å². The molecule has 6 nitrogen and oxygen atoms in total. The number of halogens is 1. The van der Waals surface area contributed by atoms with Crippen LogP contribution in [0.4, 0.5) is 0 Å². The lowest BCUT2D eigenvalue weighted by atomic mass is 9.83. The average molecular weight is 346 g/mol. The van der Waals surface area contributed by atoms with E-state index in [1.54, 1.807) is 6.92 Å². The van der Waals surface area contributed by atoms with Crippen LogP contribution in [0.15, 0.2) is 58.1 Å². The van der Waals surface area contributed by atoms with Crippen LogP contribution in [0.25, 0.3) is 0 Å². The van der Waals surface area contributed by atoms with Crippen molar-refractivity contribution in [2.24, 2.45) is 10.7 Å². The van der Waals surface area contributed by atoms with Crippen LogP contribution in [-0.4, -0.2) is 24.8 Å². The first-order valence-electron chi connectivity index (χ1n) is 7.25. The standard InChI is InChI=1S/C17H16ClN3O3/c1-2-23-17(22)15-13(8-18)24-16(21-10-20)12(9-19)14(15)11-6-4-3-5-7-11/h3-7,10,14H,2,8H2,1H3,(H2,20,21)/t14-/m0/s1. The minimum absolute atomic E-state index is 0.0255. The maximum Gasteiger partial charge on any atom is 0.338 e. The number of ether oxygens (including phenoxy) is 2. The molecule has 0 unspecified atom stereocenters. The number of aliphatic imine (C=N–C) groups is 1. The lowest BCUT2D eigenvalue weighted by Gasteiger charge is -2.27. The predicted octanol–water partition coefficient (Wildman–Crippen LogP) is 2.58. The Balaban J connectivity index is 2.69. The second kappa shape index (κ2) is 8.18. The first-order chi connectivity index (χ1) is 11.7. The summed E-state index contributed by atoms with van der Waals surface area (Å²) >= 11 is 5.95. The van der Waals surface area contributed by atoms with Crippen LogP contribution < -0.4 is 5.73 Å². The lowest BCUT2D eigenvalue weighted by Crippen LogP contribution is -2.24. The van der Waals surface area contributed by atoms with E-state index >= 15 is 0 Å². The van der Waals surface area contributed by atoms with Gasteiger partial charge in [-0.3, -0.25) is 0 Å². The Bertz CT molecular complexity index is 748. The Morgan fingerprint density at radius 2 is 2.21 bits per heavy atom. The van der Waals surface area contributed by atoms with E-state index in [9.17, 15) is 10.1 Å². The Morgan fingerprint density at radius 1 is 1.50 bits per heavy atom. The highest BCUT2D eigenvalue weighted by Crippen LogP contribution is 2.41. The van der Waals surface area contributed by atoms with Gasteiger partial charge in [-0.25, -0.2) is 9.79 Å². The quantitative estimate of drug-likeness (QED) is 0.383. The van der Waals surface area contributed by atoms with Gasteiger partial charge in [-0.05, 0) is 12.5 Å². The first-order valence-corrected chi connectivity index (χ1v) is 7.78. The molecule has 1 aromatic rings. The number of hydrogen-bond acceptors (Lipinski definition) is 5. The molecule has 1 heterocycles. The molecule has 0 amide bonds. The van der Waals surface area contributed by atoms with Crippen LogP contribution in [0.3, 0.4) is 0 Å². The number of nitrogens with two attached hydrogens (primary N) is 1. The van der Waals surface area contributed by atoms with Gasteiger partial charge in [0, 0.05) is 0 Å². The van der Waals surface area contributed by atoms with Crippen molar-refractivity contribution >= 4 is 23.9 Å². The third-order valence-corrected chi connectivity index (χ3v) is 3.63. The fourth-order valence-electron chi connectivity index (χ4n) is 2.45. The summed E-state index contributed by atoms with van der Waals surface area (Å²) in [5.41, 5.74) is 6.43. The fourth-order valence-corrected chi connectivity index (χ4v) is 2.65. The number of nitriles is 1. The number of alkyl halides is 1. The highest BCUT2D eigenvalue weighted by molar-refractivity contribution is 6.19. The largest absolute Gasteiger partial charge is 0.463 e. The minimum atomic E-state index is -0.684. The third-order valence-electron chi connectivity index (χ3n) is 3.39. The molecule has 1 aliphatic rings. The molecule has 2 N–H and O–H groups in total. The number of carbonyl (C=O) groups excluding carboxylic acids is 1. The highest BCUT2D eigenvalue weighted by atomic mass is 35.5. The van der Waals surface area contributed by atoms with Crippen LogP contribution in [0, 0.1) is 11.3 Å². The molecular formula is C17H16ClN3O3. The maximum atomic E-state index is 12.5. The van der Waals surface area contributed by atoms with E-state index in [0.29, 0.717) is 0 Å². The molecular weight excluding hydrogens is 330 g/mol. The molecule has 1 aliphatic heterocycles. The van der Waals surface area contributed by atoms with Crippen molar-refractivity contribution in [1.82, 2.24) is 0 Å². The zero-order valence-electron chi connectivity index (χ0n) is 13.0. The van der Waals surface area contributed by atoms with Crippen molar-refractivity contribution in [2.45, 2.75) is 12.8 Å². The van der Waals surface area contributed by atoms with Crippen LogP contribution >= 0.6 is 11.6 Å². The topological polar surface area (TPSA) is 97.7 Å². The van der Waals surface area contributed by atoms with Gasteiger partial charge < -0.3 is 15.2 Å². The molecule has 124 valence electrons. The Kier molecular flexibility index (Phi) is 5.99. The van der Waals surface area contributed by atoms with Crippen LogP contribution in [0.2, 0.25) is 0 Å². The summed E-state index contributed by atoms with van der Waals surface area (Å²) in [5.74, 6) is -1.11. The molecule has 24 heavy (non-hydrogen) atoms. The normalized spacial score (nSPS) is 17.6. The maximum absolute atomic E-state index is 12.5. The monoisotopic (exact) mass is 345 g/mol. The molecule has 0 aliphatic carbocycles. The van der Waals surface area contributed by atoms with Gasteiger partial charge in [0.2, 0.25) is 5.88 Å². The molecule has 0 saturated heterocycles. The number of allylic oxidation sites excluding steroid dienone is 2. The van der Waals surface area contributed by atoms with Gasteiger partial charge in [0.05, 0.1) is 30.3 Å². The number of esters is 1. The summed E-state index contributed by atoms with van der Waals surface area (Å²) in [6.45, 7) is 1.89. The molecule has 0 saturated carbocycles. The van der Waals surface area contributed by atoms with E-state index in [1.807, 2.05) is 30.3 Å². The summed E-state index contributed by atoms with van der Waals surface area (Å²) < 4.78 is 10.7. The molecule has 0 aromatic heterocycles. The molecule has 1 aromatic carbocycles. The molecule has 1 atom stereocenters. The fraction of sp³-hybridized carbons (Fsp3) is 0.235. The zero-order valence-corrected chi connectivity index (χ0v) is 13.8. The van der Waals surface area contributed by atoms with Crippen LogP contribution in [0.5, 0.6) is 0 Å². The zero-order chi connectivity index (χ0) is 17.5. The van der Waals surface area contributed by atoms with Crippen LogP contribution in [0.1, 0.15) is 18.4 Å². The Labute approximate surface area is 144 Å². The van der Waals surface area contributed by atoms with Gasteiger partial charge in [0.25, 0.3) is 0 Å². The van der Waals surface area contributed by atoms with Crippen molar-refractivity contribution in [3.05, 3.63) is 58.7 Å². The van der Waals surface area contributed by atoms with Gasteiger partial charge in [-0.1, -0.05) is 30.3 Å². The molecule has 0 radical (unpaired) electrons. The van der Waals surface area contributed by atoms with Gasteiger partial charge in [-0.2, -0.15) is 5.26 Å². The molecule has 0 bridgehead atoms. The first kappa shape index (κ1) is 17.6. The van der Waals surface area contributed by atoms with Gasteiger partial charge in [-0.15, -0.1) is 11.6 Å². The molecule has 0 spiro atoms. The molecule has 2 rings (SSSR count). The van der Waals surface area contributed by atoms with Gasteiger partial charge >= 0.3 is 5.97 Å². The summed E-state index contributed by atoms with van der Waals surface area (Å²) in [4.78, 5) is 16.4. The van der Waals surface area contributed by atoms with Gasteiger partial charge in [0.15, 0.2) is 0 Å². The summed E-state index contributed by atoms with van der Waals surface area (Å²) in [5, 5.41) is 9.60. The van der Waals surface area contributed by atoms with E-state index in [-0.39, 0.29) is 35.3 Å². The average Bonchev–Trinajstić information content (AvgIpc) is 2.61. The van der Waals surface area contributed by atoms with Crippen molar-refractivity contribution in [1.29, 1.82) is 5.26 Å². The second-order valence-corrected chi connectivity index (χ2v) is 5.01. The lowest BCUT2D eigenvalue weighted by molar-refractivity contribution is -0.139. The number of benzene rings is 1.